The average Bonchev–Trinajstić information content (AvgIpc) is 2.99. The predicted octanol–water partition coefficient (Wildman–Crippen LogP) is 4.87. The molecule has 4 nitrogen and oxygen atoms in total. The van der Waals surface area contributed by atoms with Crippen LogP contribution in [0.5, 0.6) is 11.5 Å². The summed E-state index contributed by atoms with van der Waals surface area (Å²) in [5.41, 5.74) is 1.17. The number of benzene rings is 1. The molecule has 0 spiro atoms. The van der Waals surface area contributed by atoms with Crippen molar-refractivity contribution in [2.24, 2.45) is 0 Å². The van der Waals surface area contributed by atoms with E-state index in [1.54, 1.807) is 19.1 Å². The molecule has 2 aromatic rings. The van der Waals surface area contributed by atoms with Crippen LogP contribution in [0.4, 0.5) is 8.78 Å². The fourth-order valence-corrected chi connectivity index (χ4v) is 3.59. The largest absolute Gasteiger partial charge is 0.454 e. The SMILES string of the molecule is Cc1cc(C(F)F)nc(SCc2cc3c(cc2Cl)OCO3)c1C#N. The minimum Gasteiger partial charge on any atom is -0.454 e. The standard InChI is InChI=1S/C16H11ClF2N2O2S/c1-8-2-12(15(18)19)21-16(10(8)5-20)24-6-9-3-13-14(4-11(9)17)23-7-22-13/h2-4,15H,6-7H2,1H3. The number of hydrogen-bond donors (Lipinski definition) is 0. The maximum absolute atomic E-state index is 12.9. The van der Waals surface area contributed by atoms with Gasteiger partial charge in [0, 0.05) is 16.8 Å². The van der Waals surface area contributed by atoms with Gasteiger partial charge in [-0.15, -0.1) is 11.8 Å². The molecule has 24 heavy (non-hydrogen) atoms. The number of alkyl halides is 2. The lowest BCUT2D eigenvalue weighted by molar-refractivity contribution is 0.145. The summed E-state index contributed by atoms with van der Waals surface area (Å²) < 4.78 is 36.4. The molecule has 0 unspecified atom stereocenters. The van der Waals surface area contributed by atoms with Gasteiger partial charge in [-0.05, 0) is 30.2 Å². The van der Waals surface area contributed by atoms with Crippen LogP contribution in [0.3, 0.4) is 0 Å². The predicted molar refractivity (Wildman–Crippen MR) is 85.8 cm³/mol. The summed E-state index contributed by atoms with van der Waals surface area (Å²) in [6.07, 6.45) is -2.69. The third-order valence-electron chi connectivity index (χ3n) is 3.44. The Balaban J connectivity index is 1.88. The van der Waals surface area contributed by atoms with Gasteiger partial charge in [0.1, 0.15) is 16.8 Å². The maximum Gasteiger partial charge on any atom is 0.280 e. The summed E-state index contributed by atoms with van der Waals surface area (Å²) in [7, 11) is 0. The van der Waals surface area contributed by atoms with E-state index in [2.05, 4.69) is 4.98 Å². The molecule has 0 amide bonds. The fraction of sp³-hybridized carbons (Fsp3) is 0.250. The Morgan fingerprint density at radius 2 is 2.04 bits per heavy atom. The molecule has 1 aliphatic rings. The van der Waals surface area contributed by atoms with E-state index in [0.717, 1.165) is 5.56 Å². The Morgan fingerprint density at radius 1 is 1.33 bits per heavy atom. The van der Waals surface area contributed by atoms with Crippen LogP contribution >= 0.6 is 23.4 Å². The first-order valence-corrected chi connectivity index (χ1v) is 8.26. The zero-order valence-electron chi connectivity index (χ0n) is 12.5. The third-order valence-corrected chi connectivity index (χ3v) is 4.82. The van der Waals surface area contributed by atoms with Crippen LogP contribution in [-0.2, 0) is 5.75 Å². The summed E-state index contributed by atoms with van der Waals surface area (Å²) in [6.45, 7) is 1.75. The van der Waals surface area contributed by atoms with E-state index in [0.29, 0.717) is 33.4 Å². The number of rotatable bonds is 4. The molecule has 0 aliphatic carbocycles. The smallest absolute Gasteiger partial charge is 0.280 e. The van der Waals surface area contributed by atoms with Crippen LogP contribution in [0.1, 0.15) is 28.8 Å². The molecule has 1 aromatic heterocycles. The number of nitrogens with zero attached hydrogens (tertiary/aromatic N) is 2. The third kappa shape index (κ3) is 3.25. The molecule has 0 radical (unpaired) electrons. The minimum atomic E-state index is -2.69. The lowest BCUT2D eigenvalue weighted by atomic mass is 10.1. The van der Waals surface area contributed by atoms with Gasteiger partial charge in [-0.25, -0.2) is 13.8 Å². The zero-order valence-corrected chi connectivity index (χ0v) is 14.0. The van der Waals surface area contributed by atoms with E-state index in [1.807, 2.05) is 6.07 Å². The van der Waals surface area contributed by atoms with Crippen LogP contribution < -0.4 is 9.47 Å². The van der Waals surface area contributed by atoms with Gasteiger partial charge in [0.25, 0.3) is 6.43 Å². The second kappa shape index (κ2) is 6.83. The summed E-state index contributed by atoms with van der Waals surface area (Å²) in [5.74, 6) is 1.52. The molecular formula is C16H11ClF2N2O2S. The van der Waals surface area contributed by atoms with E-state index in [4.69, 9.17) is 21.1 Å². The molecule has 1 aliphatic heterocycles. The highest BCUT2D eigenvalue weighted by Crippen LogP contribution is 2.39. The molecule has 0 saturated carbocycles. The summed E-state index contributed by atoms with van der Waals surface area (Å²) >= 11 is 7.39. The highest BCUT2D eigenvalue weighted by atomic mass is 35.5. The van der Waals surface area contributed by atoms with Crippen molar-refractivity contribution in [1.82, 2.24) is 4.98 Å². The fourth-order valence-electron chi connectivity index (χ4n) is 2.24. The van der Waals surface area contributed by atoms with Crippen molar-refractivity contribution in [3.63, 3.8) is 0 Å². The number of aryl methyl sites for hydroxylation is 1. The topological polar surface area (TPSA) is 55.1 Å². The summed E-state index contributed by atoms with van der Waals surface area (Å²) in [6, 6.07) is 6.65. The normalized spacial score (nSPS) is 12.5. The van der Waals surface area contributed by atoms with Gasteiger partial charge in [0.2, 0.25) is 6.79 Å². The van der Waals surface area contributed by atoms with Crippen molar-refractivity contribution in [3.8, 4) is 17.6 Å². The first-order valence-electron chi connectivity index (χ1n) is 6.90. The molecule has 8 heteroatoms. The van der Waals surface area contributed by atoms with E-state index in [9.17, 15) is 14.0 Å². The number of pyridine rings is 1. The van der Waals surface area contributed by atoms with Crippen LogP contribution in [0.2, 0.25) is 5.02 Å². The van der Waals surface area contributed by atoms with Gasteiger partial charge in [-0.1, -0.05) is 11.6 Å². The first kappa shape index (κ1) is 16.8. The highest BCUT2D eigenvalue weighted by Gasteiger charge is 2.19. The Labute approximate surface area is 146 Å². The molecule has 0 N–H and O–H groups in total. The molecule has 0 fully saturated rings. The molecule has 3 rings (SSSR count). The monoisotopic (exact) mass is 368 g/mol. The molecule has 0 atom stereocenters. The number of hydrogen-bond acceptors (Lipinski definition) is 5. The highest BCUT2D eigenvalue weighted by molar-refractivity contribution is 7.98. The van der Waals surface area contributed by atoms with E-state index in [-0.39, 0.29) is 17.5 Å². The van der Waals surface area contributed by atoms with Crippen LogP contribution in [0, 0.1) is 18.3 Å². The minimum absolute atomic E-state index is 0.137. The average molecular weight is 369 g/mol. The Bertz CT molecular complexity index is 840. The van der Waals surface area contributed by atoms with E-state index in [1.165, 1.54) is 17.8 Å². The number of aromatic nitrogens is 1. The zero-order chi connectivity index (χ0) is 17.3. The number of halogens is 3. The van der Waals surface area contributed by atoms with Gasteiger partial charge in [0.05, 0.1) is 5.56 Å². The Morgan fingerprint density at radius 3 is 2.71 bits per heavy atom. The van der Waals surface area contributed by atoms with Crippen LogP contribution in [0.25, 0.3) is 0 Å². The van der Waals surface area contributed by atoms with Crippen LogP contribution in [0.15, 0.2) is 23.2 Å². The number of fused-ring (bicyclic) bond motifs is 1. The van der Waals surface area contributed by atoms with Gasteiger partial charge >= 0.3 is 0 Å². The lowest BCUT2D eigenvalue weighted by Crippen LogP contribution is -1.98. The quantitative estimate of drug-likeness (QED) is 0.720. The van der Waals surface area contributed by atoms with Gasteiger partial charge in [-0.2, -0.15) is 5.26 Å². The van der Waals surface area contributed by atoms with Crippen molar-refractivity contribution in [3.05, 3.63) is 45.6 Å². The molecule has 0 bridgehead atoms. The van der Waals surface area contributed by atoms with E-state index >= 15 is 0 Å². The van der Waals surface area contributed by atoms with Gasteiger partial charge in [0.15, 0.2) is 11.5 Å². The molecule has 1 aromatic carbocycles. The van der Waals surface area contributed by atoms with Crippen molar-refractivity contribution in [2.45, 2.75) is 24.1 Å². The number of thioether (sulfide) groups is 1. The van der Waals surface area contributed by atoms with Crippen molar-refractivity contribution < 1.29 is 18.3 Å². The van der Waals surface area contributed by atoms with Crippen molar-refractivity contribution in [1.29, 1.82) is 5.26 Å². The number of ether oxygens (including phenoxy) is 2. The summed E-state index contributed by atoms with van der Waals surface area (Å²) in [4.78, 5) is 3.91. The number of nitriles is 1. The molecular weight excluding hydrogens is 358 g/mol. The van der Waals surface area contributed by atoms with Crippen molar-refractivity contribution >= 4 is 23.4 Å². The molecule has 124 valence electrons. The van der Waals surface area contributed by atoms with E-state index < -0.39 is 6.43 Å². The first-order chi connectivity index (χ1) is 11.5. The van der Waals surface area contributed by atoms with Crippen molar-refractivity contribution in [2.75, 3.05) is 6.79 Å². The maximum atomic E-state index is 12.9. The Kier molecular flexibility index (Phi) is 4.78. The van der Waals surface area contributed by atoms with Gasteiger partial charge in [-0.3, -0.25) is 0 Å². The summed E-state index contributed by atoms with van der Waals surface area (Å²) in [5, 5.41) is 10.00. The second-order valence-corrected chi connectivity index (χ2v) is 6.41. The lowest BCUT2D eigenvalue weighted by Gasteiger charge is -2.10. The molecule has 2 heterocycles. The van der Waals surface area contributed by atoms with Gasteiger partial charge < -0.3 is 9.47 Å². The second-order valence-electron chi connectivity index (χ2n) is 5.04. The Hall–Kier alpha value is -2.04. The van der Waals surface area contributed by atoms with Crippen LogP contribution in [-0.4, -0.2) is 11.8 Å². The molecule has 0 saturated heterocycles.